The van der Waals surface area contributed by atoms with Crippen LogP contribution in [0.3, 0.4) is 0 Å². The Labute approximate surface area is 177 Å². The lowest BCUT2D eigenvalue weighted by Crippen LogP contribution is -2.23. The van der Waals surface area contributed by atoms with E-state index >= 15 is 0 Å². The molecule has 0 aromatic rings. The second-order valence-electron chi connectivity index (χ2n) is 4.63. The minimum absolute atomic E-state index is 0.608. The van der Waals surface area contributed by atoms with E-state index in [1.54, 1.807) is 47.0 Å². The molecule has 0 spiro atoms. The number of nitrogens with zero attached hydrogens (tertiary/aromatic N) is 4. The molecule has 2 heterocycles. The molecule has 2 rings (SSSR count). The van der Waals surface area contributed by atoms with Crippen LogP contribution in [0.25, 0.3) is 0 Å². The highest BCUT2D eigenvalue weighted by molar-refractivity contribution is 8.75. The Hall–Kier alpha value is -0.0200. The summed E-state index contributed by atoms with van der Waals surface area (Å²) in [6.45, 7) is 0. The highest BCUT2D eigenvalue weighted by atomic mass is 33.1. The zero-order chi connectivity index (χ0) is 18.8. The largest absolute Gasteiger partial charge is 0.446 e. The maximum Gasteiger partial charge on any atom is 0.446 e. The molecule has 146 valence electrons. The quantitative estimate of drug-likeness (QED) is 0.253. The van der Waals surface area contributed by atoms with Crippen LogP contribution in [0.1, 0.15) is 0 Å². The summed E-state index contributed by atoms with van der Waals surface area (Å²) < 4.78 is 2.50. The summed E-state index contributed by atoms with van der Waals surface area (Å²) in [7, 11) is 5.14. The van der Waals surface area contributed by atoms with E-state index in [1.165, 1.54) is 22.7 Å². The van der Waals surface area contributed by atoms with Gasteiger partial charge >= 0.3 is 12.2 Å². The molecule has 8 nitrogen and oxygen atoms in total. The number of oxime groups is 2. The van der Waals surface area contributed by atoms with Gasteiger partial charge in [0, 0.05) is 70.6 Å². The third kappa shape index (κ3) is 8.33. The molecule has 0 aromatic carbocycles. The first-order valence-electron chi connectivity index (χ1n) is 7.35. The van der Waals surface area contributed by atoms with Gasteiger partial charge in [0.2, 0.25) is 0 Å². The third-order valence-corrected chi connectivity index (χ3v) is 9.76. The van der Waals surface area contributed by atoms with Gasteiger partial charge in [-0.05, 0) is 0 Å². The maximum absolute atomic E-state index is 11.9. The zero-order valence-corrected chi connectivity index (χ0v) is 19.0. The predicted octanol–water partition coefficient (Wildman–Crippen LogP) is 3.92. The average Bonchev–Trinajstić information content (AvgIpc) is 2.69. The monoisotopic (exact) mass is 474 g/mol. The lowest BCUT2D eigenvalue weighted by Gasteiger charge is -2.17. The van der Waals surface area contributed by atoms with Crippen molar-refractivity contribution >= 4 is 91.3 Å². The Morgan fingerprint density at radius 3 is 1.62 bits per heavy atom. The normalized spacial score (nSPS) is 20.7. The standard InChI is InChI=1S/C12H18N4O4S6/c1-15(11(17)19-13-9-7-21-3-5-23-9)25-26-16(2)12(18)20-14-10-8-22-4-6-24-10/h3-8H2,1-2H3. The highest BCUT2D eigenvalue weighted by Gasteiger charge is 2.19. The predicted molar refractivity (Wildman–Crippen MR) is 118 cm³/mol. The molecule has 0 N–H and O–H groups in total. The molecule has 0 unspecified atom stereocenters. The van der Waals surface area contributed by atoms with E-state index < -0.39 is 12.2 Å². The van der Waals surface area contributed by atoms with Gasteiger partial charge in [-0.15, -0.1) is 23.5 Å². The zero-order valence-electron chi connectivity index (χ0n) is 14.1. The van der Waals surface area contributed by atoms with Gasteiger partial charge in [-0.3, -0.25) is 9.68 Å². The average molecular weight is 475 g/mol. The number of hydrogen-bond donors (Lipinski definition) is 0. The fourth-order valence-electron chi connectivity index (χ4n) is 1.40. The van der Waals surface area contributed by atoms with Crippen LogP contribution in [0.5, 0.6) is 0 Å². The number of rotatable bonds is 5. The molecule has 0 aromatic heterocycles. The summed E-state index contributed by atoms with van der Waals surface area (Å²) in [5.41, 5.74) is 0. The van der Waals surface area contributed by atoms with E-state index in [1.807, 2.05) is 0 Å². The molecule has 0 radical (unpaired) electrons. The molecule has 0 atom stereocenters. The summed E-state index contributed by atoms with van der Waals surface area (Å²) >= 11 is 6.70. The summed E-state index contributed by atoms with van der Waals surface area (Å²) in [4.78, 5) is 33.6. The summed E-state index contributed by atoms with van der Waals surface area (Å²) in [5, 5.41) is 9.34. The Bertz CT molecular complexity index is 500. The molecular formula is C12H18N4O4S6. The van der Waals surface area contributed by atoms with Crippen molar-refractivity contribution in [2.24, 2.45) is 10.3 Å². The Morgan fingerprint density at radius 2 is 1.27 bits per heavy atom. The minimum atomic E-state index is -0.608. The van der Waals surface area contributed by atoms with Crippen molar-refractivity contribution in [3.63, 3.8) is 0 Å². The van der Waals surface area contributed by atoms with Crippen LogP contribution >= 0.6 is 69.0 Å². The van der Waals surface area contributed by atoms with Crippen molar-refractivity contribution in [3.8, 4) is 0 Å². The Balaban J connectivity index is 1.67. The summed E-state index contributed by atoms with van der Waals surface area (Å²) in [6.07, 6.45) is -1.22. The number of hydrogen-bond acceptors (Lipinski definition) is 12. The van der Waals surface area contributed by atoms with Gasteiger partial charge in [0.25, 0.3) is 0 Å². The van der Waals surface area contributed by atoms with Gasteiger partial charge in [0.1, 0.15) is 10.1 Å². The van der Waals surface area contributed by atoms with Crippen LogP contribution < -0.4 is 0 Å². The summed E-state index contributed by atoms with van der Waals surface area (Å²) in [6, 6.07) is 0. The fourth-order valence-corrected chi connectivity index (χ4v) is 6.92. The molecule has 26 heavy (non-hydrogen) atoms. The Kier molecular flexibility index (Phi) is 10.7. The van der Waals surface area contributed by atoms with Crippen molar-refractivity contribution in [3.05, 3.63) is 0 Å². The first-order valence-corrected chi connectivity index (χ1v) is 13.7. The van der Waals surface area contributed by atoms with Crippen molar-refractivity contribution < 1.29 is 19.3 Å². The topological polar surface area (TPSA) is 83.8 Å². The van der Waals surface area contributed by atoms with E-state index in [0.717, 1.165) is 66.6 Å². The third-order valence-electron chi connectivity index (χ3n) is 2.67. The lowest BCUT2D eigenvalue weighted by molar-refractivity contribution is 0.136. The van der Waals surface area contributed by atoms with Crippen molar-refractivity contribution in [2.75, 3.05) is 48.6 Å². The first kappa shape index (κ1) is 22.3. The van der Waals surface area contributed by atoms with Gasteiger partial charge in [-0.1, -0.05) is 10.3 Å². The maximum atomic E-state index is 11.9. The van der Waals surface area contributed by atoms with Crippen LogP contribution in [-0.4, -0.2) is 79.5 Å². The lowest BCUT2D eigenvalue weighted by atomic mass is 10.9. The second kappa shape index (κ2) is 12.4. The Morgan fingerprint density at radius 1 is 0.846 bits per heavy atom. The van der Waals surface area contributed by atoms with Crippen molar-refractivity contribution in [1.29, 1.82) is 0 Å². The van der Waals surface area contributed by atoms with Crippen LogP contribution in [0.2, 0.25) is 0 Å². The van der Waals surface area contributed by atoms with E-state index in [9.17, 15) is 9.59 Å². The summed E-state index contributed by atoms with van der Waals surface area (Å²) in [5.74, 6) is 5.62. The van der Waals surface area contributed by atoms with E-state index in [0.29, 0.717) is 0 Å². The molecule has 0 bridgehead atoms. The highest BCUT2D eigenvalue weighted by Crippen LogP contribution is 2.29. The molecular weight excluding hydrogens is 457 g/mol. The number of carbonyl (C=O) groups excluding carboxylic acids is 2. The number of carbonyl (C=O) groups is 2. The van der Waals surface area contributed by atoms with Crippen molar-refractivity contribution in [2.45, 2.75) is 0 Å². The molecule has 14 heteroatoms. The second-order valence-corrected chi connectivity index (χ2v) is 11.5. The van der Waals surface area contributed by atoms with Crippen molar-refractivity contribution in [1.82, 2.24) is 8.61 Å². The van der Waals surface area contributed by atoms with Crippen LogP contribution in [-0.2, 0) is 9.68 Å². The minimum Gasteiger partial charge on any atom is -0.296 e. The molecule has 2 amide bonds. The van der Waals surface area contributed by atoms with Gasteiger partial charge < -0.3 is 0 Å². The molecule has 2 fully saturated rings. The van der Waals surface area contributed by atoms with Gasteiger partial charge in [-0.25, -0.2) is 18.2 Å². The molecule has 2 aliphatic rings. The van der Waals surface area contributed by atoms with E-state index in [4.69, 9.17) is 9.68 Å². The first-order chi connectivity index (χ1) is 12.6. The van der Waals surface area contributed by atoms with Crippen LogP contribution in [0.4, 0.5) is 9.59 Å². The van der Waals surface area contributed by atoms with Gasteiger partial charge in [0.05, 0.1) is 0 Å². The molecule has 0 aliphatic carbocycles. The fraction of sp³-hybridized carbons (Fsp3) is 0.667. The number of amides is 2. The van der Waals surface area contributed by atoms with E-state index in [-0.39, 0.29) is 0 Å². The van der Waals surface area contributed by atoms with Crippen LogP contribution in [0, 0.1) is 0 Å². The number of thioether (sulfide) groups is 4. The van der Waals surface area contributed by atoms with E-state index in [2.05, 4.69) is 10.3 Å². The molecule has 2 aliphatic heterocycles. The smallest absolute Gasteiger partial charge is 0.296 e. The molecule has 2 saturated heterocycles. The van der Waals surface area contributed by atoms with Gasteiger partial charge in [-0.2, -0.15) is 23.5 Å². The van der Waals surface area contributed by atoms with Gasteiger partial charge in [0.15, 0.2) is 0 Å². The molecule has 0 saturated carbocycles. The SMILES string of the molecule is CN(SSN(C)C(=O)ON=C1CSCCS1)C(=O)ON=C1CSCCS1. The van der Waals surface area contributed by atoms with Crippen LogP contribution in [0.15, 0.2) is 10.3 Å².